The zero-order valence-corrected chi connectivity index (χ0v) is 17.2. The van der Waals surface area contributed by atoms with Gasteiger partial charge in [-0.3, -0.25) is 24.5 Å². The maximum Gasteiger partial charge on any atom is 0.255 e. The lowest BCUT2D eigenvalue weighted by Gasteiger charge is -2.29. The molecule has 8 nitrogen and oxygen atoms in total. The van der Waals surface area contributed by atoms with E-state index in [4.69, 9.17) is 4.74 Å². The molecule has 2 aliphatic rings. The number of nitrogens with one attached hydrogen (secondary N) is 2. The van der Waals surface area contributed by atoms with Crippen LogP contribution in [0.4, 0.5) is 4.39 Å². The fraction of sp³-hybridized carbons (Fsp3) is 0.304. The normalized spacial score (nSPS) is 17.7. The number of halogens is 1. The number of carbonyl (C=O) groups excluding carboxylic acids is 4. The van der Waals surface area contributed by atoms with Crippen molar-refractivity contribution in [1.82, 2.24) is 15.5 Å². The van der Waals surface area contributed by atoms with Crippen LogP contribution in [0.1, 0.15) is 40.7 Å². The Kier molecular flexibility index (Phi) is 6.16. The van der Waals surface area contributed by atoms with E-state index in [9.17, 15) is 19.2 Å². The number of fused-ring (bicyclic) bond motifs is 1. The van der Waals surface area contributed by atoms with Crippen molar-refractivity contribution in [3.05, 3.63) is 65.0 Å². The van der Waals surface area contributed by atoms with Gasteiger partial charge in [0, 0.05) is 29.7 Å². The largest absolute Gasteiger partial charge is 0.493 e. The Balaban J connectivity index is 1.34. The molecule has 1 saturated heterocycles. The molecule has 32 heavy (non-hydrogen) atoms. The first-order valence-electron chi connectivity index (χ1n) is 10.3. The van der Waals surface area contributed by atoms with Crippen LogP contribution >= 0.6 is 0 Å². The summed E-state index contributed by atoms with van der Waals surface area (Å²) in [7, 11) is 0. The van der Waals surface area contributed by atoms with Crippen molar-refractivity contribution in [2.45, 2.75) is 38.4 Å². The van der Waals surface area contributed by atoms with E-state index in [0.29, 0.717) is 5.75 Å². The van der Waals surface area contributed by atoms with E-state index < -0.39 is 23.7 Å². The first kappa shape index (κ1) is 21.5. The lowest BCUT2D eigenvalue weighted by Crippen LogP contribution is -2.52. The summed E-state index contributed by atoms with van der Waals surface area (Å²) in [5.41, 5.74) is 0.636. The minimum Gasteiger partial charge on any atom is -0.493 e. The van der Waals surface area contributed by atoms with E-state index in [0.717, 1.165) is 0 Å². The van der Waals surface area contributed by atoms with Crippen LogP contribution in [0, 0.1) is 5.82 Å². The second kappa shape index (κ2) is 9.17. The molecule has 0 aliphatic carbocycles. The van der Waals surface area contributed by atoms with Crippen molar-refractivity contribution in [2.24, 2.45) is 0 Å². The molecule has 1 fully saturated rings. The van der Waals surface area contributed by atoms with Gasteiger partial charge in [-0.2, -0.15) is 0 Å². The Morgan fingerprint density at radius 2 is 1.94 bits per heavy atom. The van der Waals surface area contributed by atoms with E-state index in [2.05, 4.69) is 10.6 Å². The number of para-hydroxylation sites is 1. The minimum absolute atomic E-state index is 0.0319. The van der Waals surface area contributed by atoms with E-state index in [1.165, 1.54) is 17.0 Å². The number of rotatable bonds is 7. The highest BCUT2D eigenvalue weighted by molar-refractivity contribution is 6.05. The number of nitrogens with zero attached hydrogens (tertiary/aromatic N) is 1. The molecule has 166 valence electrons. The van der Waals surface area contributed by atoms with E-state index in [1.807, 2.05) is 18.2 Å². The maximum atomic E-state index is 15.1. The van der Waals surface area contributed by atoms with Gasteiger partial charge < -0.3 is 15.0 Å². The quantitative estimate of drug-likeness (QED) is 0.639. The van der Waals surface area contributed by atoms with Crippen LogP contribution in [0.15, 0.2) is 42.5 Å². The third-order valence-corrected chi connectivity index (χ3v) is 5.55. The summed E-state index contributed by atoms with van der Waals surface area (Å²) >= 11 is 0. The molecular weight excluding hydrogens is 417 g/mol. The SMILES string of the molecule is O=C(CCOc1ccccc1)NCc1ccc2c(c1F)CN(C1CCC(=O)NC1=O)C2=O. The fourth-order valence-electron chi connectivity index (χ4n) is 3.85. The number of amides is 4. The molecule has 1 unspecified atom stereocenters. The standard InChI is InChI=1S/C23H22FN3O5/c24-21-14(12-25-19(28)10-11-32-15-4-2-1-3-5-15)6-7-16-17(21)13-27(23(16)31)18-8-9-20(29)26-22(18)30/h1-7,18H,8-13H2,(H,25,28)(H,26,29,30). The molecule has 2 aliphatic heterocycles. The van der Waals surface area contributed by atoms with Crippen molar-refractivity contribution >= 4 is 23.6 Å². The Bertz CT molecular complexity index is 1070. The molecular formula is C23H22FN3O5. The summed E-state index contributed by atoms with van der Waals surface area (Å²) < 4.78 is 20.5. The number of hydrogen-bond acceptors (Lipinski definition) is 5. The molecule has 2 aromatic rings. The second-order valence-electron chi connectivity index (χ2n) is 7.65. The second-order valence-corrected chi connectivity index (χ2v) is 7.65. The van der Waals surface area contributed by atoms with Crippen LogP contribution in [-0.4, -0.2) is 41.2 Å². The monoisotopic (exact) mass is 439 g/mol. The third-order valence-electron chi connectivity index (χ3n) is 5.55. The molecule has 2 N–H and O–H groups in total. The van der Waals surface area contributed by atoms with Crippen molar-refractivity contribution in [2.75, 3.05) is 6.61 Å². The number of hydrogen-bond donors (Lipinski definition) is 2. The van der Waals surface area contributed by atoms with Gasteiger partial charge >= 0.3 is 0 Å². The predicted octanol–water partition coefficient (Wildman–Crippen LogP) is 1.67. The van der Waals surface area contributed by atoms with Gasteiger partial charge in [-0.1, -0.05) is 24.3 Å². The van der Waals surface area contributed by atoms with Gasteiger partial charge in [0.15, 0.2) is 0 Å². The van der Waals surface area contributed by atoms with Crippen LogP contribution in [0.5, 0.6) is 5.75 Å². The van der Waals surface area contributed by atoms with Gasteiger partial charge in [-0.15, -0.1) is 0 Å². The average molecular weight is 439 g/mol. The third kappa shape index (κ3) is 4.46. The van der Waals surface area contributed by atoms with Gasteiger partial charge in [-0.25, -0.2) is 4.39 Å². The zero-order chi connectivity index (χ0) is 22.7. The Hall–Kier alpha value is -3.75. The summed E-state index contributed by atoms with van der Waals surface area (Å²) in [6, 6.07) is 11.3. The Morgan fingerprint density at radius 3 is 2.69 bits per heavy atom. The number of benzene rings is 2. The molecule has 0 bridgehead atoms. The summed E-state index contributed by atoms with van der Waals surface area (Å²) in [5.74, 6) is -1.58. The fourth-order valence-corrected chi connectivity index (χ4v) is 3.85. The zero-order valence-electron chi connectivity index (χ0n) is 17.2. The molecule has 4 rings (SSSR count). The smallest absolute Gasteiger partial charge is 0.255 e. The van der Waals surface area contributed by atoms with Crippen LogP contribution in [0.2, 0.25) is 0 Å². The van der Waals surface area contributed by atoms with Crippen molar-refractivity contribution in [1.29, 1.82) is 0 Å². The molecule has 2 aromatic carbocycles. The lowest BCUT2D eigenvalue weighted by molar-refractivity contribution is -0.137. The van der Waals surface area contributed by atoms with E-state index in [-0.39, 0.29) is 67.5 Å². The van der Waals surface area contributed by atoms with Crippen molar-refractivity contribution in [3.63, 3.8) is 0 Å². The van der Waals surface area contributed by atoms with Crippen LogP contribution in [0.3, 0.4) is 0 Å². The topological polar surface area (TPSA) is 105 Å². The predicted molar refractivity (Wildman–Crippen MR) is 111 cm³/mol. The molecule has 0 spiro atoms. The average Bonchev–Trinajstić information content (AvgIpc) is 3.11. The first-order chi connectivity index (χ1) is 15.4. The highest BCUT2D eigenvalue weighted by Crippen LogP contribution is 2.30. The molecule has 9 heteroatoms. The van der Waals surface area contributed by atoms with Crippen LogP contribution in [-0.2, 0) is 27.5 Å². The first-order valence-corrected chi connectivity index (χ1v) is 10.3. The minimum atomic E-state index is -0.806. The highest BCUT2D eigenvalue weighted by Gasteiger charge is 2.40. The lowest BCUT2D eigenvalue weighted by atomic mass is 10.0. The van der Waals surface area contributed by atoms with Crippen LogP contribution < -0.4 is 15.4 Å². The number of carbonyl (C=O) groups is 4. The van der Waals surface area contributed by atoms with Crippen LogP contribution in [0.25, 0.3) is 0 Å². The molecule has 0 aromatic heterocycles. The van der Waals surface area contributed by atoms with E-state index >= 15 is 4.39 Å². The molecule has 0 radical (unpaired) electrons. The summed E-state index contributed by atoms with van der Waals surface area (Å²) in [5, 5.41) is 4.87. The molecule has 4 amide bonds. The summed E-state index contributed by atoms with van der Waals surface area (Å²) in [4.78, 5) is 49.5. The van der Waals surface area contributed by atoms with Crippen molar-refractivity contribution in [3.8, 4) is 5.75 Å². The van der Waals surface area contributed by atoms with Gasteiger partial charge in [0.2, 0.25) is 17.7 Å². The van der Waals surface area contributed by atoms with Gasteiger partial charge in [-0.05, 0) is 24.6 Å². The molecule has 1 atom stereocenters. The summed E-state index contributed by atoms with van der Waals surface area (Å²) in [6.07, 6.45) is 0.452. The van der Waals surface area contributed by atoms with E-state index in [1.54, 1.807) is 12.1 Å². The summed E-state index contributed by atoms with van der Waals surface area (Å²) in [6.45, 7) is 0.104. The maximum absolute atomic E-state index is 15.1. The molecule has 0 saturated carbocycles. The van der Waals surface area contributed by atoms with Gasteiger partial charge in [0.1, 0.15) is 17.6 Å². The Morgan fingerprint density at radius 1 is 1.16 bits per heavy atom. The molecule has 2 heterocycles. The van der Waals surface area contributed by atoms with Gasteiger partial charge in [0.05, 0.1) is 19.6 Å². The van der Waals surface area contributed by atoms with Crippen molar-refractivity contribution < 1.29 is 28.3 Å². The number of ether oxygens (including phenoxy) is 1. The highest BCUT2D eigenvalue weighted by atomic mass is 19.1. The number of piperidine rings is 1. The Labute approximate surface area is 183 Å². The van der Waals surface area contributed by atoms with Gasteiger partial charge in [0.25, 0.3) is 5.91 Å². The number of imide groups is 1.